The second-order valence-corrected chi connectivity index (χ2v) is 3.20. The molecular formula is C12H12N2O2. The molecule has 0 fully saturated rings. The molecule has 4 nitrogen and oxygen atoms in total. The number of para-hydroxylation sites is 1. The molecule has 0 saturated carbocycles. The first-order valence-electron chi connectivity index (χ1n) is 5.00. The van der Waals surface area contributed by atoms with Crippen LogP contribution < -0.4 is 4.74 Å². The number of hydrogen-bond donors (Lipinski definition) is 1. The lowest BCUT2D eigenvalue weighted by Gasteiger charge is -2.09. The number of aromatic nitrogens is 2. The maximum Gasteiger partial charge on any atom is 0.127 e. The van der Waals surface area contributed by atoms with Gasteiger partial charge in [-0.05, 0) is 6.07 Å². The van der Waals surface area contributed by atoms with Gasteiger partial charge in [0.05, 0.1) is 6.61 Å². The summed E-state index contributed by atoms with van der Waals surface area (Å²) in [5.74, 6) is 0.728. The number of hydrogen-bond acceptors (Lipinski definition) is 4. The normalized spacial score (nSPS) is 10.1. The largest absolute Gasteiger partial charge is 0.491 e. The molecule has 0 aliphatic rings. The summed E-state index contributed by atoms with van der Waals surface area (Å²) in [5, 5.41) is 8.74. The third kappa shape index (κ3) is 2.35. The van der Waals surface area contributed by atoms with Gasteiger partial charge in [-0.3, -0.25) is 0 Å². The van der Waals surface area contributed by atoms with Gasteiger partial charge in [0.25, 0.3) is 0 Å². The van der Waals surface area contributed by atoms with Crippen LogP contribution >= 0.6 is 0 Å². The Kier molecular flexibility index (Phi) is 3.46. The second kappa shape index (κ2) is 5.23. The molecule has 2 rings (SSSR count). The average molecular weight is 216 g/mol. The van der Waals surface area contributed by atoms with Gasteiger partial charge in [0.1, 0.15) is 18.7 Å². The first-order chi connectivity index (χ1) is 7.92. The summed E-state index contributed by atoms with van der Waals surface area (Å²) in [7, 11) is 0. The minimum Gasteiger partial charge on any atom is -0.491 e. The Morgan fingerprint density at radius 1 is 1.12 bits per heavy atom. The van der Waals surface area contributed by atoms with Crippen LogP contribution in [0.1, 0.15) is 0 Å². The standard InChI is InChI=1S/C12H12N2O2/c15-5-6-16-12-4-2-1-3-11(12)10-7-13-9-14-8-10/h1-4,7-9,15H,5-6H2. The summed E-state index contributed by atoms with van der Waals surface area (Å²) in [5.41, 5.74) is 1.83. The van der Waals surface area contributed by atoms with Gasteiger partial charge < -0.3 is 9.84 Å². The molecule has 4 heteroatoms. The molecular weight excluding hydrogens is 204 g/mol. The molecule has 16 heavy (non-hydrogen) atoms. The van der Waals surface area contributed by atoms with Crippen molar-refractivity contribution >= 4 is 0 Å². The third-order valence-corrected chi connectivity index (χ3v) is 2.11. The van der Waals surface area contributed by atoms with Crippen LogP contribution in [0, 0.1) is 0 Å². The van der Waals surface area contributed by atoms with E-state index in [1.165, 1.54) is 6.33 Å². The molecule has 0 radical (unpaired) electrons. The zero-order valence-electron chi connectivity index (χ0n) is 8.71. The highest BCUT2D eigenvalue weighted by Gasteiger charge is 2.05. The number of nitrogens with zero attached hydrogens (tertiary/aromatic N) is 2. The van der Waals surface area contributed by atoms with E-state index >= 15 is 0 Å². The zero-order chi connectivity index (χ0) is 11.2. The van der Waals surface area contributed by atoms with Crippen molar-refractivity contribution < 1.29 is 9.84 Å². The minimum absolute atomic E-state index is 0.000373. The SMILES string of the molecule is OCCOc1ccccc1-c1cncnc1. The third-order valence-electron chi connectivity index (χ3n) is 2.11. The molecule has 0 aliphatic heterocycles. The van der Waals surface area contributed by atoms with E-state index in [9.17, 15) is 0 Å². The van der Waals surface area contributed by atoms with Gasteiger partial charge in [0, 0.05) is 23.5 Å². The molecule has 1 heterocycles. The average Bonchev–Trinajstić information content (AvgIpc) is 2.38. The van der Waals surface area contributed by atoms with E-state index in [2.05, 4.69) is 9.97 Å². The summed E-state index contributed by atoms with van der Waals surface area (Å²) >= 11 is 0. The minimum atomic E-state index is -0.000373. The van der Waals surface area contributed by atoms with E-state index in [-0.39, 0.29) is 13.2 Å². The van der Waals surface area contributed by atoms with E-state index in [4.69, 9.17) is 9.84 Å². The van der Waals surface area contributed by atoms with Crippen molar-refractivity contribution in [3.8, 4) is 16.9 Å². The zero-order valence-corrected chi connectivity index (χ0v) is 8.71. The molecule has 0 unspecified atom stereocenters. The van der Waals surface area contributed by atoms with E-state index < -0.39 is 0 Å². The van der Waals surface area contributed by atoms with Crippen molar-refractivity contribution in [2.75, 3.05) is 13.2 Å². The van der Waals surface area contributed by atoms with Crippen LogP contribution in [0.5, 0.6) is 5.75 Å². The number of aliphatic hydroxyl groups excluding tert-OH is 1. The Morgan fingerprint density at radius 2 is 1.88 bits per heavy atom. The molecule has 0 saturated heterocycles. The fraction of sp³-hybridized carbons (Fsp3) is 0.167. The van der Waals surface area contributed by atoms with E-state index in [1.807, 2.05) is 24.3 Å². The van der Waals surface area contributed by atoms with Crippen molar-refractivity contribution in [1.29, 1.82) is 0 Å². The number of aliphatic hydroxyl groups is 1. The van der Waals surface area contributed by atoms with Crippen LogP contribution in [-0.4, -0.2) is 28.3 Å². The number of rotatable bonds is 4. The lowest BCUT2D eigenvalue weighted by molar-refractivity contribution is 0.202. The molecule has 1 N–H and O–H groups in total. The Hall–Kier alpha value is -1.94. The van der Waals surface area contributed by atoms with Crippen molar-refractivity contribution in [3.63, 3.8) is 0 Å². The molecule has 0 bridgehead atoms. The van der Waals surface area contributed by atoms with Gasteiger partial charge in [-0.25, -0.2) is 9.97 Å². The predicted molar refractivity (Wildman–Crippen MR) is 60.0 cm³/mol. The first-order valence-corrected chi connectivity index (χ1v) is 5.00. The van der Waals surface area contributed by atoms with Crippen LogP contribution in [0.2, 0.25) is 0 Å². The van der Waals surface area contributed by atoms with Crippen molar-refractivity contribution in [1.82, 2.24) is 9.97 Å². The van der Waals surface area contributed by atoms with Gasteiger partial charge in [0.2, 0.25) is 0 Å². The fourth-order valence-corrected chi connectivity index (χ4v) is 1.42. The highest BCUT2D eigenvalue weighted by atomic mass is 16.5. The fourth-order valence-electron chi connectivity index (χ4n) is 1.42. The Labute approximate surface area is 93.6 Å². The molecule has 0 spiro atoms. The highest BCUT2D eigenvalue weighted by Crippen LogP contribution is 2.28. The molecule has 0 amide bonds. The lowest BCUT2D eigenvalue weighted by atomic mass is 10.1. The topological polar surface area (TPSA) is 55.2 Å². The van der Waals surface area contributed by atoms with Gasteiger partial charge in [-0.1, -0.05) is 18.2 Å². The molecule has 82 valence electrons. The van der Waals surface area contributed by atoms with Crippen LogP contribution in [0.25, 0.3) is 11.1 Å². The van der Waals surface area contributed by atoms with Crippen molar-refractivity contribution in [3.05, 3.63) is 43.0 Å². The van der Waals surface area contributed by atoms with E-state index in [0.29, 0.717) is 0 Å². The van der Waals surface area contributed by atoms with E-state index in [0.717, 1.165) is 16.9 Å². The summed E-state index contributed by atoms with van der Waals surface area (Å²) in [6.45, 7) is 0.282. The molecule has 0 aliphatic carbocycles. The molecule has 1 aromatic carbocycles. The van der Waals surface area contributed by atoms with Crippen LogP contribution in [0.15, 0.2) is 43.0 Å². The molecule has 1 aromatic heterocycles. The van der Waals surface area contributed by atoms with E-state index in [1.54, 1.807) is 12.4 Å². The first kappa shape index (κ1) is 10.6. The van der Waals surface area contributed by atoms with Crippen LogP contribution in [0.4, 0.5) is 0 Å². The predicted octanol–water partition coefficient (Wildman–Crippen LogP) is 1.51. The van der Waals surface area contributed by atoms with Gasteiger partial charge >= 0.3 is 0 Å². The summed E-state index contributed by atoms with van der Waals surface area (Å²) in [6, 6.07) is 7.61. The molecule has 0 atom stereocenters. The van der Waals surface area contributed by atoms with Gasteiger partial charge in [-0.15, -0.1) is 0 Å². The van der Waals surface area contributed by atoms with Crippen LogP contribution in [-0.2, 0) is 0 Å². The maximum atomic E-state index is 8.74. The highest BCUT2D eigenvalue weighted by molar-refractivity contribution is 5.68. The Balaban J connectivity index is 2.33. The van der Waals surface area contributed by atoms with Crippen molar-refractivity contribution in [2.45, 2.75) is 0 Å². The van der Waals surface area contributed by atoms with Gasteiger partial charge in [0.15, 0.2) is 0 Å². The summed E-state index contributed by atoms with van der Waals surface area (Å²) < 4.78 is 5.44. The Bertz CT molecular complexity index is 446. The second-order valence-electron chi connectivity index (χ2n) is 3.20. The number of ether oxygens (including phenoxy) is 1. The quantitative estimate of drug-likeness (QED) is 0.841. The smallest absolute Gasteiger partial charge is 0.127 e. The summed E-state index contributed by atoms with van der Waals surface area (Å²) in [6.07, 6.45) is 4.95. The lowest BCUT2D eigenvalue weighted by Crippen LogP contribution is -2.02. The Morgan fingerprint density at radius 3 is 2.62 bits per heavy atom. The van der Waals surface area contributed by atoms with Gasteiger partial charge in [-0.2, -0.15) is 0 Å². The number of benzene rings is 1. The maximum absolute atomic E-state index is 8.74. The monoisotopic (exact) mass is 216 g/mol. The summed E-state index contributed by atoms with van der Waals surface area (Å²) in [4.78, 5) is 7.93. The van der Waals surface area contributed by atoms with Crippen molar-refractivity contribution in [2.24, 2.45) is 0 Å². The molecule has 2 aromatic rings. The van der Waals surface area contributed by atoms with Crippen LogP contribution in [0.3, 0.4) is 0 Å².